The second-order valence-corrected chi connectivity index (χ2v) is 5.79. The van der Waals surface area contributed by atoms with Crippen LogP contribution in [0, 0.1) is 0 Å². The van der Waals surface area contributed by atoms with Gasteiger partial charge in [0.15, 0.2) is 0 Å². The average molecular weight is 318 g/mol. The number of hydrogen-bond donors (Lipinski definition) is 0. The molecule has 0 aliphatic rings. The summed E-state index contributed by atoms with van der Waals surface area (Å²) in [6, 6.07) is 27.3. The Morgan fingerprint density at radius 2 is 1.12 bits per heavy atom. The highest BCUT2D eigenvalue weighted by Gasteiger charge is 2.15. The highest BCUT2D eigenvalue weighted by atomic mass is 16.5. The summed E-state index contributed by atoms with van der Waals surface area (Å²) in [5.41, 5.74) is 3.90. The average Bonchev–Trinajstić information content (AvgIpc) is 2.67. The van der Waals surface area contributed by atoms with Gasteiger partial charge < -0.3 is 9.47 Å². The van der Waals surface area contributed by atoms with Gasteiger partial charge in [-0.1, -0.05) is 54.6 Å². The standard InChI is InChI=1S/C22H22O2/c1-23-20-12-8-17(9-13-20)16-22(18-6-4-3-5-7-18)19-10-14-21(24-2)15-11-19/h3-15,22H,16H2,1-2H3. The Balaban J connectivity index is 1.91. The highest BCUT2D eigenvalue weighted by molar-refractivity contribution is 5.38. The molecule has 24 heavy (non-hydrogen) atoms. The van der Waals surface area contributed by atoms with E-state index < -0.39 is 0 Å². The maximum Gasteiger partial charge on any atom is 0.118 e. The van der Waals surface area contributed by atoms with Crippen LogP contribution in [0.25, 0.3) is 0 Å². The largest absolute Gasteiger partial charge is 0.497 e. The number of benzene rings is 3. The van der Waals surface area contributed by atoms with Crippen molar-refractivity contribution in [3.8, 4) is 11.5 Å². The lowest BCUT2D eigenvalue weighted by molar-refractivity contribution is 0.414. The van der Waals surface area contributed by atoms with Gasteiger partial charge in [0.2, 0.25) is 0 Å². The first-order chi connectivity index (χ1) is 11.8. The summed E-state index contributed by atoms with van der Waals surface area (Å²) in [5, 5.41) is 0. The molecule has 0 radical (unpaired) electrons. The van der Waals surface area contributed by atoms with Crippen LogP contribution in [0.1, 0.15) is 22.6 Å². The molecule has 0 aliphatic heterocycles. The summed E-state index contributed by atoms with van der Waals surface area (Å²) in [6.07, 6.45) is 0.945. The minimum Gasteiger partial charge on any atom is -0.497 e. The lowest BCUT2D eigenvalue weighted by Crippen LogP contribution is -2.05. The van der Waals surface area contributed by atoms with Gasteiger partial charge in [-0.15, -0.1) is 0 Å². The van der Waals surface area contributed by atoms with Crippen molar-refractivity contribution in [1.82, 2.24) is 0 Å². The third-order valence-corrected chi connectivity index (χ3v) is 4.32. The second kappa shape index (κ2) is 7.69. The van der Waals surface area contributed by atoms with Crippen molar-refractivity contribution in [2.24, 2.45) is 0 Å². The van der Waals surface area contributed by atoms with Crippen LogP contribution in [0.15, 0.2) is 78.9 Å². The van der Waals surface area contributed by atoms with Crippen LogP contribution in [0.4, 0.5) is 0 Å². The molecule has 1 unspecified atom stereocenters. The summed E-state index contributed by atoms with van der Waals surface area (Å²) in [5.74, 6) is 2.08. The molecule has 0 amide bonds. The van der Waals surface area contributed by atoms with Gasteiger partial charge in [0.05, 0.1) is 14.2 Å². The van der Waals surface area contributed by atoms with Gasteiger partial charge >= 0.3 is 0 Å². The van der Waals surface area contributed by atoms with Gasteiger partial charge in [0.25, 0.3) is 0 Å². The maximum absolute atomic E-state index is 5.28. The van der Waals surface area contributed by atoms with Crippen LogP contribution in [0.3, 0.4) is 0 Å². The molecule has 2 nitrogen and oxygen atoms in total. The Bertz CT molecular complexity index is 746. The summed E-state index contributed by atoms with van der Waals surface area (Å²) < 4.78 is 10.5. The zero-order valence-corrected chi connectivity index (χ0v) is 14.1. The van der Waals surface area contributed by atoms with E-state index in [0.717, 1.165) is 17.9 Å². The highest BCUT2D eigenvalue weighted by Crippen LogP contribution is 2.30. The summed E-state index contributed by atoms with van der Waals surface area (Å²) in [4.78, 5) is 0. The number of methoxy groups -OCH3 is 2. The molecule has 1 atom stereocenters. The van der Waals surface area contributed by atoms with Crippen LogP contribution >= 0.6 is 0 Å². The molecular formula is C22H22O2. The lowest BCUT2D eigenvalue weighted by atomic mass is 9.86. The van der Waals surface area contributed by atoms with E-state index in [4.69, 9.17) is 9.47 Å². The fourth-order valence-electron chi connectivity index (χ4n) is 2.95. The summed E-state index contributed by atoms with van der Waals surface area (Å²) in [7, 11) is 3.39. The minimum absolute atomic E-state index is 0.311. The third-order valence-electron chi connectivity index (χ3n) is 4.32. The van der Waals surface area contributed by atoms with E-state index in [-0.39, 0.29) is 0 Å². The topological polar surface area (TPSA) is 18.5 Å². The zero-order chi connectivity index (χ0) is 16.8. The first-order valence-electron chi connectivity index (χ1n) is 8.12. The molecule has 0 bridgehead atoms. The smallest absolute Gasteiger partial charge is 0.118 e. The Morgan fingerprint density at radius 1 is 0.625 bits per heavy atom. The van der Waals surface area contributed by atoms with E-state index in [1.54, 1.807) is 14.2 Å². The van der Waals surface area contributed by atoms with Gasteiger partial charge in [-0.05, 0) is 47.4 Å². The molecule has 0 fully saturated rings. The van der Waals surface area contributed by atoms with Crippen LogP contribution in [-0.2, 0) is 6.42 Å². The van der Waals surface area contributed by atoms with Crippen LogP contribution in [0.2, 0.25) is 0 Å². The molecule has 3 aromatic rings. The maximum atomic E-state index is 5.28. The number of ether oxygens (including phenoxy) is 2. The number of rotatable bonds is 6. The molecule has 3 rings (SSSR count). The summed E-state index contributed by atoms with van der Waals surface area (Å²) in [6.45, 7) is 0. The monoisotopic (exact) mass is 318 g/mol. The van der Waals surface area contributed by atoms with E-state index in [1.165, 1.54) is 16.7 Å². The molecule has 3 aromatic carbocycles. The van der Waals surface area contributed by atoms with Crippen molar-refractivity contribution in [1.29, 1.82) is 0 Å². The van der Waals surface area contributed by atoms with Crippen molar-refractivity contribution in [2.45, 2.75) is 12.3 Å². The minimum atomic E-state index is 0.311. The number of hydrogen-bond acceptors (Lipinski definition) is 2. The van der Waals surface area contributed by atoms with Gasteiger partial charge in [0.1, 0.15) is 11.5 Å². The lowest BCUT2D eigenvalue weighted by Gasteiger charge is -2.19. The van der Waals surface area contributed by atoms with E-state index in [2.05, 4.69) is 54.6 Å². The molecule has 0 saturated heterocycles. The molecule has 0 saturated carbocycles. The fraction of sp³-hybridized carbons (Fsp3) is 0.182. The first-order valence-corrected chi connectivity index (χ1v) is 8.12. The van der Waals surface area contributed by atoms with Crippen molar-refractivity contribution in [2.75, 3.05) is 14.2 Å². The molecule has 2 heteroatoms. The molecule has 0 heterocycles. The van der Waals surface area contributed by atoms with Crippen molar-refractivity contribution in [3.63, 3.8) is 0 Å². The Hall–Kier alpha value is -2.74. The molecular weight excluding hydrogens is 296 g/mol. The predicted octanol–water partition coefficient (Wildman–Crippen LogP) is 5.08. The van der Waals surface area contributed by atoms with Crippen LogP contribution < -0.4 is 9.47 Å². The third kappa shape index (κ3) is 3.77. The van der Waals surface area contributed by atoms with Crippen LogP contribution in [0.5, 0.6) is 11.5 Å². The Kier molecular flexibility index (Phi) is 5.17. The van der Waals surface area contributed by atoms with E-state index in [0.29, 0.717) is 5.92 Å². The summed E-state index contributed by atoms with van der Waals surface area (Å²) >= 11 is 0. The normalized spacial score (nSPS) is 11.8. The molecule has 0 spiro atoms. The van der Waals surface area contributed by atoms with Crippen molar-refractivity contribution < 1.29 is 9.47 Å². The second-order valence-electron chi connectivity index (χ2n) is 5.79. The van der Waals surface area contributed by atoms with E-state index in [1.807, 2.05) is 24.3 Å². The van der Waals surface area contributed by atoms with E-state index in [9.17, 15) is 0 Å². The Morgan fingerprint density at radius 3 is 1.67 bits per heavy atom. The molecule has 0 aromatic heterocycles. The SMILES string of the molecule is COc1ccc(CC(c2ccccc2)c2ccc(OC)cc2)cc1. The predicted molar refractivity (Wildman–Crippen MR) is 98.0 cm³/mol. The van der Waals surface area contributed by atoms with Gasteiger partial charge in [0, 0.05) is 5.92 Å². The Labute approximate surface area is 143 Å². The molecule has 0 N–H and O–H groups in total. The van der Waals surface area contributed by atoms with E-state index >= 15 is 0 Å². The molecule has 0 aliphatic carbocycles. The zero-order valence-electron chi connectivity index (χ0n) is 14.1. The quantitative estimate of drug-likeness (QED) is 0.631. The van der Waals surface area contributed by atoms with Crippen molar-refractivity contribution >= 4 is 0 Å². The molecule has 122 valence electrons. The van der Waals surface area contributed by atoms with Crippen molar-refractivity contribution in [3.05, 3.63) is 95.6 Å². The van der Waals surface area contributed by atoms with Gasteiger partial charge in [-0.25, -0.2) is 0 Å². The first kappa shape index (κ1) is 16.1. The van der Waals surface area contributed by atoms with Gasteiger partial charge in [-0.3, -0.25) is 0 Å². The fourth-order valence-corrected chi connectivity index (χ4v) is 2.95. The van der Waals surface area contributed by atoms with Crippen LogP contribution in [-0.4, -0.2) is 14.2 Å². The van der Waals surface area contributed by atoms with Gasteiger partial charge in [-0.2, -0.15) is 0 Å².